The summed E-state index contributed by atoms with van der Waals surface area (Å²) in [5.74, 6) is 0. The molecule has 0 aliphatic carbocycles. The fourth-order valence-electron chi connectivity index (χ4n) is 1.53. The smallest absolute Gasteiger partial charge is 0.258 e. The van der Waals surface area contributed by atoms with E-state index >= 15 is 0 Å². The van der Waals surface area contributed by atoms with Crippen LogP contribution in [0, 0.1) is 10.8 Å². The van der Waals surface area contributed by atoms with E-state index in [4.69, 9.17) is 41.7 Å². The molecule has 0 saturated heterocycles. The lowest BCUT2D eigenvalue weighted by atomic mass is 9.95. The van der Waals surface area contributed by atoms with Crippen molar-refractivity contribution in [3.05, 3.63) is 24.7 Å². The van der Waals surface area contributed by atoms with Crippen LogP contribution in [0.5, 0.6) is 0 Å². The van der Waals surface area contributed by atoms with Gasteiger partial charge in [0.05, 0.1) is 0 Å². The highest BCUT2D eigenvalue weighted by atomic mass is 33.1. The van der Waals surface area contributed by atoms with Crippen molar-refractivity contribution in [1.29, 1.82) is 0 Å². The van der Waals surface area contributed by atoms with Gasteiger partial charge in [0.25, 0.3) is 0 Å². The maximum atomic E-state index is 5.86. The van der Waals surface area contributed by atoms with Gasteiger partial charge in [0.15, 0.2) is 10.9 Å². The summed E-state index contributed by atoms with van der Waals surface area (Å²) in [7, 11) is 0.575. The van der Waals surface area contributed by atoms with E-state index in [0.29, 0.717) is 0 Å². The summed E-state index contributed by atoms with van der Waals surface area (Å²) < 4.78 is 22.3. The van der Waals surface area contributed by atoms with Crippen LogP contribution >= 0.6 is 35.9 Å². The zero-order valence-corrected chi connectivity index (χ0v) is 17.7. The minimum Gasteiger partial charge on any atom is -0.258 e. The van der Waals surface area contributed by atoms with Gasteiger partial charge in [0.2, 0.25) is 23.6 Å². The first-order chi connectivity index (χ1) is 10.2. The predicted molar refractivity (Wildman–Crippen MR) is 102 cm³/mol. The summed E-state index contributed by atoms with van der Waals surface area (Å²) in [5, 5.41) is 0. The second kappa shape index (κ2) is 7.75. The van der Waals surface area contributed by atoms with Crippen molar-refractivity contribution in [3.63, 3.8) is 0 Å². The van der Waals surface area contributed by atoms with Gasteiger partial charge < -0.3 is 0 Å². The van der Waals surface area contributed by atoms with E-state index in [9.17, 15) is 0 Å². The van der Waals surface area contributed by atoms with E-state index in [2.05, 4.69) is 27.7 Å². The maximum absolute atomic E-state index is 5.86. The SMILES string of the molecule is CC1(C)C=CO[P+](=S)OC1SSC1O[P+](=S)OC=CC1(C)C. The Kier molecular flexibility index (Phi) is 6.72. The molecule has 0 spiro atoms. The molecule has 0 radical (unpaired) electrons. The quantitative estimate of drug-likeness (QED) is 0.426. The van der Waals surface area contributed by atoms with Crippen molar-refractivity contribution < 1.29 is 18.1 Å². The fourth-order valence-corrected chi connectivity index (χ4v) is 8.28. The molecule has 4 nitrogen and oxygen atoms in total. The lowest BCUT2D eigenvalue weighted by Gasteiger charge is -2.28. The molecule has 10 heteroatoms. The van der Waals surface area contributed by atoms with E-state index < -0.39 is 14.3 Å². The van der Waals surface area contributed by atoms with Crippen LogP contribution in [-0.2, 0) is 41.7 Å². The topological polar surface area (TPSA) is 36.9 Å². The molecule has 0 saturated carbocycles. The minimum absolute atomic E-state index is 0.122. The zero-order valence-electron chi connectivity index (χ0n) is 12.6. The molecule has 22 heavy (non-hydrogen) atoms. The third kappa shape index (κ3) is 5.12. The minimum atomic E-state index is -1.32. The standard InChI is InChI=1S/C12H18O4P2S4/c1-11(2)5-7-13-17(19)15-9(11)21-22-10-12(3,4)6-8-14-18(20)16-10/h5-10H,1-4H3/q+2. The summed E-state index contributed by atoms with van der Waals surface area (Å²) in [6.07, 6.45) is 7.27. The van der Waals surface area contributed by atoms with Gasteiger partial charge in [-0.1, -0.05) is 49.3 Å². The largest absolute Gasteiger partial charge is 0.574 e. The monoisotopic (exact) mass is 416 g/mol. The number of rotatable bonds is 3. The highest BCUT2D eigenvalue weighted by Crippen LogP contribution is 2.53. The maximum Gasteiger partial charge on any atom is 0.574 e. The Labute approximate surface area is 151 Å². The lowest BCUT2D eigenvalue weighted by Crippen LogP contribution is -2.27. The summed E-state index contributed by atoms with van der Waals surface area (Å²) in [6.45, 7) is 8.38. The van der Waals surface area contributed by atoms with Crippen molar-refractivity contribution >= 4 is 59.5 Å². The van der Waals surface area contributed by atoms with Gasteiger partial charge >= 0.3 is 14.3 Å². The van der Waals surface area contributed by atoms with Gasteiger partial charge in [-0.3, -0.25) is 9.05 Å². The normalized spacial score (nSPS) is 33.5. The van der Waals surface area contributed by atoms with Crippen LogP contribution < -0.4 is 0 Å². The number of hydrogen-bond acceptors (Lipinski definition) is 8. The Bertz CT molecular complexity index is 475. The van der Waals surface area contributed by atoms with E-state index in [1.54, 1.807) is 34.1 Å². The Morgan fingerprint density at radius 2 is 1.18 bits per heavy atom. The average Bonchev–Trinajstić information content (AvgIpc) is 2.60. The second-order valence-electron chi connectivity index (χ2n) is 5.97. The highest BCUT2D eigenvalue weighted by molar-refractivity contribution is 8.77. The second-order valence-corrected chi connectivity index (χ2v) is 11.9. The first kappa shape index (κ1) is 19.1. The van der Waals surface area contributed by atoms with E-state index in [1.807, 2.05) is 12.2 Å². The molecule has 0 bridgehead atoms. The third-order valence-corrected chi connectivity index (χ3v) is 9.02. The molecule has 4 atom stereocenters. The first-order valence-corrected chi connectivity index (χ1v) is 13.2. The Morgan fingerprint density at radius 1 is 0.818 bits per heavy atom. The van der Waals surface area contributed by atoms with Gasteiger partial charge in [-0.25, -0.2) is 0 Å². The van der Waals surface area contributed by atoms with E-state index in [1.165, 1.54) is 0 Å². The molecule has 2 aliphatic rings. The molecular weight excluding hydrogens is 398 g/mol. The summed E-state index contributed by atoms with van der Waals surface area (Å²) in [4.78, 5) is 0. The zero-order chi connectivity index (χ0) is 16.4. The third-order valence-electron chi connectivity index (χ3n) is 3.10. The molecule has 2 heterocycles. The summed E-state index contributed by atoms with van der Waals surface area (Å²) in [6, 6.07) is 0. The molecule has 0 aromatic heterocycles. The molecule has 2 rings (SSSR count). The van der Waals surface area contributed by atoms with Crippen LogP contribution in [0.1, 0.15) is 27.7 Å². The van der Waals surface area contributed by atoms with Crippen LogP contribution in [0.3, 0.4) is 0 Å². The van der Waals surface area contributed by atoms with Gasteiger partial charge in [-0.2, -0.15) is 0 Å². The van der Waals surface area contributed by atoms with Crippen molar-refractivity contribution in [2.24, 2.45) is 10.8 Å². The molecular formula is C12H18O4P2S4+2. The highest BCUT2D eigenvalue weighted by Gasteiger charge is 2.43. The molecule has 2 aliphatic heterocycles. The van der Waals surface area contributed by atoms with Crippen LogP contribution in [0.15, 0.2) is 24.7 Å². The average molecular weight is 416 g/mol. The van der Waals surface area contributed by atoms with Gasteiger partial charge in [-0.15, -0.1) is 9.05 Å². The summed E-state index contributed by atoms with van der Waals surface area (Å²) >= 11 is 10.4. The van der Waals surface area contributed by atoms with E-state index in [0.717, 1.165) is 0 Å². The predicted octanol–water partition coefficient (Wildman–Crippen LogP) is 5.74. The van der Waals surface area contributed by atoms with Gasteiger partial charge in [0.1, 0.15) is 12.5 Å². The van der Waals surface area contributed by atoms with Crippen LogP contribution in [0.4, 0.5) is 0 Å². The van der Waals surface area contributed by atoms with Crippen LogP contribution in [0.25, 0.3) is 0 Å². The Hall–Kier alpha value is 0.740. The van der Waals surface area contributed by atoms with Crippen LogP contribution in [-0.4, -0.2) is 10.9 Å². The summed E-state index contributed by atoms with van der Waals surface area (Å²) in [5.41, 5.74) is -0.617. The first-order valence-electron chi connectivity index (χ1n) is 6.50. The number of hydrogen-bond donors (Lipinski definition) is 0. The molecule has 0 amide bonds. The molecule has 0 aromatic rings. The molecule has 0 fully saturated rings. The Balaban J connectivity index is 2.06. The molecule has 122 valence electrons. The van der Waals surface area contributed by atoms with Crippen molar-refractivity contribution in [2.75, 3.05) is 0 Å². The van der Waals surface area contributed by atoms with Gasteiger partial charge in [0, 0.05) is 10.8 Å². The molecule has 0 aromatic carbocycles. The lowest BCUT2D eigenvalue weighted by molar-refractivity contribution is 0.203. The fraction of sp³-hybridized carbons (Fsp3) is 0.667. The van der Waals surface area contributed by atoms with Crippen molar-refractivity contribution in [3.8, 4) is 0 Å². The van der Waals surface area contributed by atoms with Crippen molar-refractivity contribution in [2.45, 2.75) is 38.6 Å². The van der Waals surface area contributed by atoms with Crippen LogP contribution in [0.2, 0.25) is 0 Å². The van der Waals surface area contributed by atoms with Gasteiger partial charge in [-0.05, 0) is 12.2 Å². The van der Waals surface area contributed by atoms with E-state index in [-0.39, 0.29) is 21.7 Å². The molecule has 4 unspecified atom stereocenters. The Morgan fingerprint density at radius 3 is 1.55 bits per heavy atom. The van der Waals surface area contributed by atoms with Crippen molar-refractivity contribution in [1.82, 2.24) is 0 Å². The molecule has 0 N–H and O–H groups in total.